The highest BCUT2D eigenvalue weighted by atomic mass is 127. The molecule has 3 amide bonds. The van der Waals surface area contributed by atoms with E-state index in [4.69, 9.17) is 9.47 Å². The lowest BCUT2D eigenvalue weighted by Crippen LogP contribution is -2.46. The van der Waals surface area contributed by atoms with Gasteiger partial charge in [-0.25, -0.2) is 4.79 Å². The molecule has 0 spiro atoms. The molecule has 4 rings (SSSR count). The van der Waals surface area contributed by atoms with Crippen LogP contribution in [0.1, 0.15) is 15.9 Å². The molecule has 33 heavy (non-hydrogen) atoms. The van der Waals surface area contributed by atoms with Gasteiger partial charge >= 0.3 is 5.97 Å². The van der Waals surface area contributed by atoms with E-state index in [1.165, 1.54) is 0 Å². The van der Waals surface area contributed by atoms with Crippen LogP contribution in [0.5, 0.6) is 5.75 Å². The van der Waals surface area contributed by atoms with Gasteiger partial charge in [0.05, 0.1) is 23.7 Å². The summed E-state index contributed by atoms with van der Waals surface area (Å²) < 4.78 is 11.5. The Morgan fingerprint density at radius 2 is 1.85 bits per heavy atom. The number of thioether (sulfide) groups is 1. The van der Waals surface area contributed by atoms with Gasteiger partial charge in [-0.05, 0) is 70.3 Å². The van der Waals surface area contributed by atoms with Crippen molar-refractivity contribution in [2.24, 2.45) is 0 Å². The van der Waals surface area contributed by atoms with Gasteiger partial charge in [-0.1, -0.05) is 24.3 Å². The molecule has 0 atom stereocenters. The average Bonchev–Trinajstić information content (AvgIpc) is 3.07. The molecule has 0 aliphatic carbocycles. The third kappa shape index (κ3) is 5.63. The van der Waals surface area contributed by atoms with Crippen LogP contribution in [-0.4, -0.2) is 65.7 Å². The second kappa shape index (κ2) is 10.5. The minimum absolute atomic E-state index is 0.205. The predicted octanol–water partition coefficient (Wildman–Crippen LogP) is 3.41. The van der Waals surface area contributed by atoms with Crippen molar-refractivity contribution in [2.45, 2.75) is 0 Å². The molecule has 0 aromatic heterocycles. The van der Waals surface area contributed by atoms with Crippen molar-refractivity contribution in [3.63, 3.8) is 0 Å². The smallest absolute Gasteiger partial charge is 0.344 e. The van der Waals surface area contributed by atoms with Crippen molar-refractivity contribution < 1.29 is 28.7 Å². The summed E-state index contributed by atoms with van der Waals surface area (Å²) in [4.78, 5) is 52.8. The molecule has 2 aliphatic rings. The number of esters is 1. The number of hydrogen-bond acceptors (Lipinski definition) is 7. The molecule has 2 aromatic carbocycles. The summed E-state index contributed by atoms with van der Waals surface area (Å²) in [5.41, 5.74) is 1.04. The first-order valence-electron chi connectivity index (χ1n) is 10.1. The lowest BCUT2D eigenvalue weighted by atomic mass is 10.2. The first-order chi connectivity index (χ1) is 15.9. The second-order valence-corrected chi connectivity index (χ2v) is 9.36. The minimum atomic E-state index is -0.521. The second-order valence-electron chi connectivity index (χ2n) is 7.20. The zero-order valence-corrected chi connectivity index (χ0v) is 20.3. The summed E-state index contributed by atoms with van der Waals surface area (Å²) in [6, 6.07) is 13.8. The number of nitrogens with zero attached hydrogens (tertiary/aromatic N) is 2. The van der Waals surface area contributed by atoms with Crippen molar-refractivity contribution in [2.75, 3.05) is 32.8 Å². The Kier molecular flexibility index (Phi) is 7.46. The molecule has 10 heteroatoms. The number of ether oxygens (including phenoxy) is 2. The molecule has 170 valence electrons. The normalized spacial score (nSPS) is 17.5. The number of halogens is 1. The van der Waals surface area contributed by atoms with Crippen LogP contribution in [0.25, 0.3) is 6.08 Å². The van der Waals surface area contributed by atoms with Crippen LogP contribution < -0.4 is 4.74 Å². The molecule has 8 nitrogen and oxygen atoms in total. The van der Waals surface area contributed by atoms with Gasteiger partial charge < -0.3 is 14.4 Å². The van der Waals surface area contributed by atoms with Crippen molar-refractivity contribution in [1.82, 2.24) is 9.80 Å². The third-order valence-electron chi connectivity index (χ3n) is 4.99. The van der Waals surface area contributed by atoms with E-state index in [9.17, 15) is 19.2 Å². The maximum Gasteiger partial charge on any atom is 0.344 e. The van der Waals surface area contributed by atoms with E-state index in [0.717, 1.165) is 20.2 Å². The van der Waals surface area contributed by atoms with Crippen LogP contribution in [0.2, 0.25) is 0 Å². The molecule has 2 heterocycles. The molecule has 2 fully saturated rings. The van der Waals surface area contributed by atoms with Gasteiger partial charge in [-0.3, -0.25) is 19.3 Å². The lowest BCUT2D eigenvalue weighted by Gasteiger charge is -2.28. The first-order valence-corrected chi connectivity index (χ1v) is 12.0. The van der Waals surface area contributed by atoms with E-state index in [1.807, 2.05) is 12.1 Å². The minimum Gasteiger partial charge on any atom is -0.423 e. The van der Waals surface area contributed by atoms with Crippen molar-refractivity contribution in [3.8, 4) is 5.75 Å². The highest BCUT2D eigenvalue weighted by Crippen LogP contribution is 2.32. The Morgan fingerprint density at radius 1 is 1.09 bits per heavy atom. The van der Waals surface area contributed by atoms with Gasteiger partial charge in [0, 0.05) is 16.7 Å². The fourth-order valence-electron chi connectivity index (χ4n) is 3.29. The number of morpholine rings is 1. The van der Waals surface area contributed by atoms with Crippen LogP contribution in [0, 0.1) is 3.57 Å². The molecule has 0 unspecified atom stereocenters. The number of carbonyl (C=O) groups is 4. The molecule has 2 saturated heterocycles. The van der Waals surface area contributed by atoms with Crippen molar-refractivity contribution >= 4 is 63.5 Å². The first kappa shape index (κ1) is 23.5. The summed E-state index contributed by atoms with van der Waals surface area (Å²) >= 11 is 2.84. The molecule has 0 bridgehead atoms. The van der Waals surface area contributed by atoms with Crippen LogP contribution >= 0.6 is 34.4 Å². The SMILES string of the molecule is O=C(Oc1cccc(/C=C2\SC(=O)N(CC(=O)N3CCOCC3)C2=O)c1)c1ccccc1I. The summed E-state index contributed by atoms with van der Waals surface area (Å²) in [6.45, 7) is 1.47. The Bertz CT molecular complexity index is 1150. The van der Waals surface area contributed by atoms with Gasteiger partial charge in [-0.15, -0.1) is 0 Å². The Balaban J connectivity index is 1.45. The van der Waals surface area contributed by atoms with E-state index in [1.54, 1.807) is 47.4 Å². The maximum absolute atomic E-state index is 12.8. The number of rotatable bonds is 5. The van der Waals surface area contributed by atoms with E-state index in [2.05, 4.69) is 22.6 Å². The summed E-state index contributed by atoms with van der Waals surface area (Å²) in [5.74, 6) is -0.978. The van der Waals surface area contributed by atoms with Crippen molar-refractivity contribution in [1.29, 1.82) is 0 Å². The van der Waals surface area contributed by atoms with E-state index < -0.39 is 17.1 Å². The van der Waals surface area contributed by atoms with Crippen LogP contribution in [-0.2, 0) is 14.3 Å². The monoisotopic (exact) mass is 578 g/mol. The largest absolute Gasteiger partial charge is 0.423 e. The highest BCUT2D eigenvalue weighted by molar-refractivity contribution is 14.1. The molecule has 2 aliphatic heterocycles. The average molecular weight is 578 g/mol. The molecular formula is C23H19IN2O6S. The number of hydrogen-bond donors (Lipinski definition) is 0. The number of carbonyl (C=O) groups excluding carboxylic acids is 4. The standard InChI is InChI=1S/C23H19IN2O6S/c24-18-7-2-1-6-17(18)22(29)32-16-5-3-4-15(12-16)13-19-21(28)26(23(30)33-19)14-20(27)25-8-10-31-11-9-25/h1-7,12-13H,8-11,14H2/b19-13-. The Hall–Kier alpha value is -2.70. The Morgan fingerprint density at radius 3 is 2.61 bits per heavy atom. The molecule has 0 saturated carbocycles. The van der Waals surface area contributed by atoms with Gasteiger partial charge in [0.1, 0.15) is 12.3 Å². The van der Waals surface area contributed by atoms with Crippen molar-refractivity contribution in [3.05, 3.63) is 68.1 Å². The quantitative estimate of drug-likeness (QED) is 0.233. The topological polar surface area (TPSA) is 93.2 Å². The fraction of sp³-hybridized carbons (Fsp3) is 0.217. The summed E-state index contributed by atoms with van der Waals surface area (Å²) in [7, 11) is 0. The Labute approximate surface area is 208 Å². The highest BCUT2D eigenvalue weighted by Gasteiger charge is 2.37. The lowest BCUT2D eigenvalue weighted by molar-refractivity contribution is -0.139. The summed E-state index contributed by atoms with van der Waals surface area (Å²) in [5, 5.41) is -0.492. The number of benzene rings is 2. The third-order valence-corrected chi connectivity index (χ3v) is 6.84. The van der Waals surface area contributed by atoms with Gasteiger partial charge in [0.15, 0.2) is 0 Å². The zero-order valence-electron chi connectivity index (χ0n) is 17.4. The molecule has 2 aromatic rings. The molecule has 0 radical (unpaired) electrons. The van der Waals surface area contributed by atoms with Gasteiger partial charge in [0.25, 0.3) is 11.1 Å². The van der Waals surface area contributed by atoms with Crippen LogP contribution in [0.3, 0.4) is 0 Å². The van der Waals surface area contributed by atoms with Gasteiger partial charge in [0.2, 0.25) is 5.91 Å². The maximum atomic E-state index is 12.8. The molecular weight excluding hydrogens is 559 g/mol. The van der Waals surface area contributed by atoms with E-state index in [-0.39, 0.29) is 17.4 Å². The van der Waals surface area contributed by atoms with E-state index in [0.29, 0.717) is 43.2 Å². The number of amides is 3. The van der Waals surface area contributed by atoms with Crippen LogP contribution in [0.15, 0.2) is 53.4 Å². The van der Waals surface area contributed by atoms with Crippen LogP contribution in [0.4, 0.5) is 4.79 Å². The number of imide groups is 1. The van der Waals surface area contributed by atoms with Gasteiger partial charge in [-0.2, -0.15) is 0 Å². The fourth-order valence-corrected chi connectivity index (χ4v) is 4.74. The summed E-state index contributed by atoms with van der Waals surface area (Å²) in [6.07, 6.45) is 1.55. The zero-order chi connectivity index (χ0) is 23.4. The molecule has 0 N–H and O–H groups in total. The van der Waals surface area contributed by atoms with E-state index >= 15 is 0 Å². The predicted molar refractivity (Wildman–Crippen MR) is 131 cm³/mol.